The number of halogens is 1. The molecule has 2 N–H and O–H groups in total. The molecule has 154 valence electrons. The van der Waals surface area contributed by atoms with E-state index in [1.807, 2.05) is 0 Å². The normalized spacial score (nSPS) is 29.1. The summed E-state index contributed by atoms with van der Waals surface area (Å²) in [5.74, 6) is 2.73. The SMILES string of the molecule is CC(C)[C@H](CN1CCC(C2=CC=C(Cl)CC2)CC1)NC[C@@H]1CC[C@H](CO)C1. The van der Waals surface area contributed by atoms with Gasteiger partial charge >= 0.3 is 0 Å². The number of nitrogens with one attached hydrogen (secondary N) is 1. The summed E-state index contributed by atoms with van der Waals surface area (Å²) in [6, 6.07) is 0.574. The van der Waals surface area contributed by atoms with Crippen molar-refractivity contribution in [3.63, 3.8) is 0 Å². The van der Waals surface area contributed by atoms with E-state index in [0.717, 1.165) is 36.3 Å². The molecule has 3 aliphatic rings. The molecule has 0 spiro atoms. The first-order valence-electron chi connectivity index (χ1n) is 11.2. The van der Waals surface area contributed by atoms with Crippen molar-refractivity contribution in [1.82, 2.24) is 10.2 Å². The second kappa shape index (κ2) is 10.4. The Morgan fingerprint density at radius 2 is 1.85 bits per heavy atom. The fraction of sp³-hybridized carbons (Fsp3) is 0.826. The van der Waals surface area contributed by atoms with Gasteiger partial charge in [-0.15, -0.1) is 0 Å². The number of aliphatic hydroxyl groups is 1. The molecule has 1 saturated heterocycles. The van der Waals surface area contributed by atoms with E-state index < -0.39 is 0 Å². The van der Waals surface area contributed by atoms with Crippen LogP contribution in [0.1, 0.15) is 58.8 Å². The smallest absolute Gasteiger partial charge is 0.0459 e. The van der Waals surface area contributed by atoms with Crippen LogP contribution in [0.3, 0.4) is 0 Å². The lowest BCUT2D eigenvalue weighted by Gasteiger charge is -2.37. The fourth-order valence-electron chi connectivity index (χ4n) is 5.09. The summed E-state index contributed by atoms with van der Waals surface area (Å²) in [5, 5.41) is 14.2. The molecular weight excluding hydrogens is 356 g/mol. The van der Waals surface area contributed by atoms with E-state index >= 15 is 0 Å². The van der Waals surface area contributed by atoms with E-state index in [4.69, 9.17) is 11.6 Å². The van der Waals surface area contributed by atoms with Crippen molar-refractivity contribution in [3.8, 4) is 0 Å². The van der Waals surface area contributed by atoms with Gasteiger partial charge in [0.2, 0.25) is 0 Å². The van der Waals surface area contributed by atoms with Crippen LogP contribution in [0.5, 0.6) is 0 Å². The number of rotatable bonds is 8. The molecule has 3 atom stereocenters. The molecule has 0 aromatic rings. The van der Waals surface area contributed by atoms with Crippen molar-refractivity contribution < 1.29 is 5.11 Å². The first kappa shape index (κ1) is 21.4. The van der Waals surface area contributed by atoms with Crippen molar-refractivity contribution in [1.29, 1.82) is 0 Å². The van der Waals surface area contributed by atoms with E-state index in [-0.39, 0.29) is 0 Å². The van der Waals surface area contributed by atoms with Crippen LogP contribution in [0, 0.1) is 23.7 Å². The monoisotopic (exact) mass is 394 g/mol. The van der Waals surface area contributed by atoms with Crippen LogP contribution < -0.4 is 5.32 Å². The van der Waals surface area contributed by atoms with Crippen LogP contribution in [0.4, 0.5) is 0 Å². The van der Waals surface area contributed by atoms with Gasteiger partial charge in [0.25, 0.3) is 0 Å². The Kier molecular flexibility index (Phi) is 8.25. The molecule has 1 heterocycles. The molecule has 0 amide bonds. The Balaban J connectivity index is 1.41. The predicted molar refractivity (Wildman–Crippen MR) is 115 cm³/mol. The second-order valence-corrected chi connectivity index (χ2v) is 9.90. The van der Waals surface area contributed by atoms with Crippen molar-refractivity contribution in [3.05, 3.63) is 22.8 Å². The van der Waals surface area contributed by atoms with Crippen LogP contribution in [0.2, 0.25) is 0 Å². The zero-order valence-electron chi connectivity index (χ0n) is 17.3. The van der Waals surface area contributed by atoms with Gasteiger partial charge in [-0.1, -0.05) is 37.1 Å². The Labute approximate surface area is 171 Å². The van der Waals surface area contributed by atoms with Gasteiger partial charge in [0.05, 0.1) is 0 Å². The zero-order chi connectivity index (χ0) is 19.2. The molecule has 1 saturated carbocycles. The minimum Gasteiger partial charge on any atom is -0.396 e. The van der Waals surface area contributed by atoms with Gasteiger partial charge in [-0.05, 0) is 94.3 Å². The lowest BCUT2D eigenvalue weighted by Crippen LogP contribution is -2.47. The molecular formula is C23H39ClN2O. The van der Waals surface area contributed by atoms with Crippen molar-refractivity contribution in [2.75, 3.05) is 32.8 Å². The third-order valence-electron chi connectivity index (χ3n) is 7.08. The molecule has 1 aliphatic heterocycles. The van der Waals surface area contributed by atoms with Gasteiger partial charge in [-0.25, -0.2) is 0 Å². The fourth-order valence-corrected chi connectivity index (χ4v) is 5.25. The maximum atomic E-state index is 9.35. The van der Waals surface area contributed by atoms with Crippen LogP contribution in [-0.2, 0) is 0 Å². The van der Waals surface area contributed by atoms with Crippen molar-refractivity contribution in [2.24, 2.45) is 23.7 Å². The highest BCUT2D eigenvalue weighted by atomic mass is 35.5. The molecule has 2 fully saturated rings. The molecule has 3 nitrogen and oxygen atoms in total. The van der Waals surface area contributed by atoms with Gasteiger partial charge < -0.3 is 15.3 Å². The van der Waals surface area contributed by atoms with E-state index in [1.165, 1.54) is 51.7 Å². The minimum atomic E-state index is 0.373. The van der Waals surface area contributed by atoms with Gasteiger partial charge in [0.15, 0.2) is 0 Å². The van der Waals surface area contributed by atoms with Gasteiger partial charge in [-0.3, -0.25) is 0 Å². The van der Waals surface area contributed by atoms with E-state index in [0.29, 0.717) is 24.5 Å². The van der Waals surface area contributed by atoms with Gasteiger partial charge in [0, 0.05) is 24.2 Å². The third kappa shape index (κ3) is 6.32. The highest BCUT2D eigenvalue weighted by Crippen LogP contribution is 2.33. The quantitative estimate of drug-likeness (QED) is 0.633. The van der Waals surface area contributed by atoms with Crippen LogP contribution >= 0.6 is 11.6 Å². The Hall–Kier alpha value is -0.350. The summed E-state index contributed by atoms with van der Waals surface area (Å²) in [7, 11) is 0. The average molecular weight is 395 g/mol. The molecule has 0 bridgehead atoms. The number of piperidine rings is 1. The molecule has 2 aliphatic carbocycles. The zero-order valence-corrected chi connectivity index (χ0v) is 18.1. The lowest BCUT2D eigenvalue weighted by atomic mass is 9.84. The Morgan fingerprint density at radius 1 is 1.11 bits per heavy atom. The summed E-state index contributed by atoms with van der Waals surface area (Å²) in [4.78, 5) is 2.67. The molecule has 0 radical (unpaired) electrons. The summed E-state index contributed by atoms with van der Waals surface area (Å²) < 4.78 is 0. The summed E-state index contributed by atoms with van der Waals surface area (Å²) in [5.41, 5.74) is 1.62. The van der Waals surface area contributed by atoms with Crippen LogP contribution in [0.25, 0.3) is 0 Å². The minimum absolute atomic E-state index is 0.373. The molecule has 4 heteroatoms. The first-order valence-corrected chi connectivity index (χ1v) is 11.5. The highest BCUT2D eigenvalue weighted by Gasteiger charge is 2.27. The molecule has 0 unspecified atom stereocenters. The topological polar surface area (TPSA) is 35.5 Å². The van der Waals surface area contributed by atoms with E-state index in [2.05, 4.69) is 36.2 Å². The Bertz CT molecular complexity index is 522. The second-order valence-electron chi connectivity index (χ2n) is 9.42. The molecule has 0 aromatic heterocycles. The van der Waals surface area contributed by atoms with Gasteiger partial charge in [0.1, 0.15) is 0 Å². The third-order valence-corrected chi connectivity index (χ3v) is 7.39. The van der Waals surface area contributed by atoms with Crippen LogP contribution in [-0.4, -0.2) is 48.8 Å². The molecule has 27 heavy (non-hydrogen) atoms. The largest absolute Gasteiger partial charge is 0.396 e. The molecule has 3 rings (SSSR count). The van der Waals surface area contributed by atoms with E-state index in [1.54, 1.807) is 5.57 Å². The van der Waals surface area contributed by atoms with Gasteiger partial charge in [-0.2, -0.15) is 0 Å². The maximum Gasteiger partial charge on any atom is 0.0459 e. The average Bonchev–Trinajstić information content (AvgIpc) is 3.14. The van der Waals surface area contributed by atoms with E-state index in [9.17, 15) is 5.11 Å². The number of nitrogens with zero attached hydrogens (tertiary/aromatic N) is 1. The van der Waals surface area contributed by atoms with Crippen LogP contribution in [0.15, 0.2) is 22.8 Å². The standard InChI is InChI=1S/C23H39ClN2O/c1-17(2)23(25-14-18-3-4-19(13-18)16-27)15-26-11-9-21(10-12-26)20-5-7-22(24)8-6-20/h5,7,17-19,21,23,25,27H,3-4,6,8-16H2,1-2H3/t18-,19+,23+/m1/s1. The van der Waals surface area contributed by atoms with Crippen molar-refractivity contribution >= 4 is 11.6 Å². The summed E-state index contributed by atoms with van der Waals surface area (Å²) in [6.45, 7) is 9.80. The first-order chi connectivity index (χ1) is 13.0. The maximum absolute atomic E-state index is 9.35. The highest BCUT2D eigenvalue weighted by molar-refractivity contribution is 6.29. The number of aliphatic hydroxyl groups excluding tert-OH is 1. The lowest BCUT2D eigenvalue weighted by molar-refractivity contribution is 0.162. The predicted octanol–water partition coefficient (Wildman–Crippen LogP) is 4.56. The van der Waals surface area contributed by atoms with Crippen molar-refractivity contribution in [2.45, 2.75) is 64.8 Å². The Morgan fingerprint density at radius 3 is 2.44 bits per heavy atom. The number of allylic oxidation sites excluding steroid dienone is 4. The summed E-state index contributed by atoms with van der Waals surface area (Å²) >= 11 is 6.11. The number of likely N-dealkylation sites (tertiary alicyclic amines) is 1. The number of hydrogen-bond donors (Lipinski definition) is 2. The molecule has 0 aromatic carbocycles. The number of hydrogen-bond acceptors (Lipinski definition) is 3. The summed E-state index contributed by atoms with van der Waals surface area (Å²) in [6.07, 6.45) is 12.9.